The quantitative estimate of drug-likeness (QED) is 0.594. The summed E-state index contributed by atoms with van der Waals surface area (Å²) in [6.07, 6.45) is 3.23. The van der Waals surface area contributed by atoms with Gasteiger partial charge in [-0.1, -0.05) is 6.92 Å². The SMILES string of the molecule is CCC(C#N)OCC1CC1. The maximum atomic E-state index is 8.48. The van der Waals surface area contributed by atoms with Crippen molar-refractivity contribution in [3.63, 3.8) is 0 Å². The first-order valence-corrected chi connectivity index (χ1v) is 3.88. The van der Waals surface area contributed by atoms with E-state index in [1.165, 1.54) is 12.8 Å². The highest BCUT2D eigenvalue weighted by Crippen LogP contribution is 2.29. The number of nitriles is 1. The van der Waals surface area contributed by atoms with Gasteiger partial charge in [0.05, 0.1) is 12.7 Å². The zero-order valence-corrected chi connectivity index (χ0v) is 6.34. The topological polar surface area (TPSA) is 33.0 Å². The zero-order chi connectivity index (χ0) is 7.40. The van der Waals surface area contributed by atoms with E-state index in [2.05, 4.69) is 6.07 Å². The van der Waals surface area contributed by atoms with Gasteiger partial charge in [-0.3, -0.25) is 0 Å². The summed E-state index contributed by atoms with van der Waals surface area (Å²) < 4.78 is 5.30. The first-order chi connectivity index (χ1) is 4.86. The Morgan fingerprint density at radius 3 is 2.80 bits per heavy atom. The Labute approximate surface area is 61.8 Å². The summed E-state index contributed by atoms with van der Waals surface area (Å²) in [6, 6.07) is 2.11. The summed E-state index contributed by atoms with van der Waals surface area (Å²) in [5, 5.41) is 8.48. The van der Waals surface area contributed by atoms with Crippen LogP contribution in [0.25, 0.3) is 0 Å². The molecule has 0 aromatic heterocycles. The van der Waals surface area contributed by atoms with Gasteiger partial charge in [-0.05, 0) is 25.2 Å². The van der Waals surface area contributed by atoms with Crippen LogP contribution in [0.5, 0.6) is 0 Å². The maximum Gasteiger partial charge on any atom is 0.143 e. The summed E-state index contributed by atoms with van der Waals surface area (Å²) in [7, 11) is 0. The summed E-state index contributed by atoms with van der Waals surface area (Å²) in [5.74, 6) is 0.766. The van der Waals surface area contributed by atoms with Crippen molar-refractivity contribution in [1.82, 2.24) is 0 Å². The van der Waals surface area contributed by atoms with Crippen LogP contribution in [-0.2, 0) is 4.74 Å². The lowest BCUT2D eigenvalue weighted by Crippen LogP contribution is -2.10. The Morgan fingerprint density at radius 2 is 2.40 bits per heavy atom. The molecule has 0 saturated heterocycles. The van der Waals surface area contributed by atoms with Crippen molar-refractivity contribution in [3.05, 3.63) is 0 Å². The molecule has 0 aromatic carbocycles. The summed E-state index contributed by atoms with van der Waals surface area (Å²) in [5.41, 5.74) is 0. The van der Waals surface area contributed by atoms with E-state index < -0.39 is 0 Å². The fourth-order valence-corrected chi connectivity index (χ4v) is 0.783. The number of rotatable bonds is 4. The van der Waals surface area contributed by atoms with E-state index in [0.29, 0.717) is 0 Å². The Bertz CT molecular complexity index is 135. The molecule has 0 amide bonds. The van der Waals surface area contributed by atoms with Crippen LogP contribution in [0, 0.1) is 17.2 Å². The fraction of sp³-hybridized carbons (Fsp3) is 0.875. The highest BCUT2D eigenvalue weighted by Gasteiger charge is 2.22. The van der Waals surface area contributed by atoms with Crippen LogP contribution in [0.2, 0.25) is 0 Å². The van der Waals surface area contributed by atoms with Gasteiger partial charge in [0.2, 0.25) is 0 Å². The Balaban J connectivity index is 2.04. The standard InChI is InChI=1S/C8H13NO/c1-2-8(5-9)10-6-7-3-4-7/h7-8H,2-4,6H2,1H3. The molecule has 10 heavy (non-hydrogen) atoms. The number of ether oxygens (including phenoxy) is 1. The predicted molar refractivity (Wildman–Crippen MR) is 38.4 cm³/mol. The highest BCUT2D eigenvalue weighted by atomic mass is 16.5. The molecule has 1 saturated carbocycles. The molecule has 56 valence electrons. The molecule has 0 radical (unpaired) electrons. The van der Waals surface area contributed by atoms with Crippen molar-refractivity contribution in [1.29, 1.82) is 5.26 Å². The number of hydrogen-bond donors (Lipinski definition) is 0. The minimum Gasteiger partial charge on any atom is -0.363 e. The number of hydrogen-bond acceptors (Lipinski definition) is 2. The first kappa shape index (κ1) is 7.56. The van der Waals surface area contributed by atoms with E-state index in [-0.39, 0.29) is 6.10 Å². The molecule has 1 atom stereocenters. The summed E-state index contributed by atoms with van der Waals surface area (Å²) in [6.45, 7) is 2.77. The molecular formula is C8H13NO. The lowest BCUT2D eigenvalue weighted by atomic mass is 10.3. The monoisotopic (exact) mass is 139 g/mol. The van der Waals surface area contributed by atoms with Crippen molar-refractivity contribution in [2.24, 2.45) is 5.92 Å². The number of nitrogens with zero attached hydrogens (tertiary/aromatic N) is 1. The lowest BCUT2D eigenvalue weighted by Gasteiger charge is -2.05. The summed E-state index contributed by atoms with van der Waals surface area (Å²) in [4.78, 5) is 0. The molecule has 2 nitrogen and oxygen atoms in total. The Kier molecular flexibility index (Phi) is 2.70. The largest absolute Gasteiger partial charge is 0.363 e. The molecule has 0 spiro atoms. The lowest BCUT2D eigenvalue weighted by molar-refractivity contribution is 0.0793. The van der Waals surface area contributed by atoms with Crippen LogP contribution in [0.15, 0.2) is 0 Å². The van der Waals surface area contributed by atoms with Gasteiger partial charge < -0.3 is 4.74 Å². The second-order valence-corrected chi connectivity index (χ2v) is 2.80. The maximum absolute atomic E-state index is 8.48. The van der Waals surface area contributed by atoms with E-state index in [9.17, 15) is 0 Å². The van der Waals surface area contributed by atoms with Gasteiger partial charge >= 0.3 is 0 Å². The van der Waals surface area contributed by atoms with Gasteiger partial charge in [-0.2, -0.15) is 5.26 Å². The minimum absolute atomic E-state index is 0.166. The predicted octanol–water partition coefficient (Wildman–Crippen LogP) is 1.72. The molecule has 0 N–H and O–H groups in total. The van der Waals surface area contributed by atoms with E-state index >= 15 is 0 Å². The Hall–Kier alpha value is -0.550. The second kappa shape index (κ2) is 3.58. The van der Waals surface area contributed by atoms with Crippen LogP contribution >= 0.6 is 0 Å². The third-order valence-electron chi connectivity index (χ3n) is 1.74. The molecule has 2 heteroatoms. The minimum atomic E-state index is -0.166. The molecule has 0 bridgehead atoms. The molecule has 1 unspecified atom stereocenters. The second-order valence-electron chi connectivity index (χ2n) is 2.80. The van der Waals surface area contributed by atoms with Crippen LogP contribution in [0.4, 0.5) is 0 Å². The van der Waals surface area contributed by atoms with Gasteiger partial charge in [0.1, 0.15) is 6.10 Å². The van der Waals surface area contributed by atoms with Gasteiger partial charge in [-0.25, -0.2) is 0 Å². The molecule has 1 rings (SSSR count). The van der Waals surface area contributed by atoms with Gasteiger partial charge in [0.25, 0.3) is 0 Å². The molecule has 0 aliphatic heterocycles. The van der Waals surface area contributed by atoms with Gasteiger partial charge in [0.15, 0.2) is 0 Å². The van der Waals surface area contributed by atoms with Crippen LogP contribution < -0.4 is 0 Å². The van der Waals surface area contributed by atoms with Crippen molar-refractivity contribution >= 4 is 0 Å². The van der Waals surface area contributed by atoms with Crippen LogP contribution in [0.3, 0.4) is 0 Å². The summed E-state index contributed by atoms with van der Waals surface area (Å²) >= 11 is 0. The molecule has 1 fully saturated rings. The van der Waals surface area contributed by atoms with Crippen molar-refractivity contribution in [2.45, 2.75) is 32.3 Å². The third kappa shape index (κ3) is 2.36. The molecule has 1 aliphatic carbocycles. The molecular weight excluding hydrogens is 126 g/mol. The van der Waals surface area contributed by atoms with Crippen molar-refractivity contribution < 1.29 is 4.74 Å². The van der Waals surface area contributed by atoms with E-state index in [1.807, 2.05) is 6.92 Å². The molecule has 1 aliphatic rings. The zero-order valence-electron chi connectivity index (χ0n) is 6.34. The normalized spacial score (nSPS) is 20.0. The van der Waals surface area contributed by atoms with Crippen molar-refractivity contribution in [2.75, 3.05) is 6.61 Å². The fourth-order valence-electron chi connectivity index (χ4n) is 0.783. The van der Waals surface area contributed by atoms with Gasteiger partial charge in [-0.15, -0.1) is 0 Å². The Morgan fingerprint density at radius 1 is 1.70 bits per heavy atom. The third-order valence-corrected chi connectivity index (χ3v) is 1.74. The average Bonchev–Trinajstić information content (AvgIpc) is 2.74. The molecule has 0 heterocycles. The molecule has 0 aromatic rings. The van der Waals surface area contributed by atoms with Crippen molar-refractivity contribution in [3.8, 4) is 6.07 Å². The average molecular weight is 139 g/mol. The van der Waals surface area contributed by atoms with Crippen LogP contribution in [0.1, 0.15) is 26.2 Å². The smallest absolute Gasteiger partial charge is 0.143 e. The van der Waals surface area contributed by atoms with E-state index in [1.54, 1.807) is 0 Å². The van der Waals surface area contributed by atoms with Gasteiger partial charge in [0, 0.05) is 0 Å². The van der Waals surface area contributed by atoms with E-state index in [0.717, 1.165) is 18.9 Å². The highest BCUT2D eigenvalue weighted by molar-refractivity contribution is 4.83. The van der Waals surface area contributed by atoms with E-state index in [4.69, 9.17) is 10.00 Å². The first-order valence-electron chi connectivity index (χ1n) is 3.88. The van der Waals surface area contributed by atoms with Crippen LogP contribution in [-0.4, -0.2) is 12.7 Å².